The second kappa shape index (κ2) is 10.1. The topological polar surface area (TPSA) is 61.8 Å². The van der Waals surface area contributed by atoms with Crippen molar-refractivity contribution in [2.24, 2.45) is 11.8 Å². The van der Waals surface area contributed by atoms with Gasteiger partial charge in [-0.1, -0.05) is 61.5 Å². The number of thioether (sulfide) groups is 1. The van der Waals surface area contributed by atoms with Crippen LogP contribution in [0.25, 0.3) is 0 Å². The number of ether oxygens (including phenoxy) is 3. The van der Waals surface area contributed by atoms with E-state index in [4.69, 9.17) is 14.2 Å². The van der Waals surface area contributed by atoms with Gasteiger partial charge in [-0.15, -0.1) is 0 Å². The Morgan fingerprint density at radius 2 is 1.67 bits per heavy atom. The van der Waals surface area contributed by atoms with Gasteiger partial charge in [0.2, 0.25) is 0 Å². The maximum absolute atomic E-state index is 12.7. The molecule has 0 aromatic heterocycles. The lowest BCUT2D eigenvalue weighted by Crippen LogP contribution is -2.51. The number of rotatable bonds is 6. The Bertz CT molecular complexity index is 852. The van der Waals surface area contributed by atoms with E-state index in [0.29, 0.717) is 5.56 Å². The fourth-order valence-corrected chi connectivity index (χ4v) is 4.62. The van der Waals surface area contributed by atoms with Crippen LogP contribution in [-0.4, -0.2) is 36.2 Å². The second-order valence-corrected chi connectivity index (χ2v) is 8.90. The summed E-state index contributed by atoms with van der Waals surface area (Å²) in [5.41, 5.74) is 1.27. The van der Waals surface area contributed by atoms with Gasteiger partial charge in [0.05, 0.1) is 11.7 Å². The molecule has 0 bridgehead atoms. The quantitative estimate of drug-likeness (QED) is 0.612. The summed E-state index contributed by atoms with van der Waals surface area (Å²) >= 11 is 1.52. The predicted octanol–water partition coefficient (Wildman–Crippen LogP) is 4.87. The fourth-order valence-electron chi connectivity index (χ4n) is 3.42. The molecular weight excluding hydrogens is 400 g/mol. The molecule has 0 spiro atoms. The molecule has 5 nitrogen and oxygen atoms in total. The molecule has 0 N–H and O–H groups in total. The lowest BCUT2D eigenvalue weighted by molar-refractivity contribution is -0.166. The van der Waals surface area contributed by atoms with Crippen molar-refractivity contribution in [3.05, 3.63) is 65.7 Å². The number of carbonyl (C=O) groups is 2. The molecular formula is C24H28O5S. The number of aryl methyl sites for hydroxylation is 1. The molecule has 2 aromatic rings. The third-order valence-corrected chi connectivity index (χ3v) is 6.64. The zero-order chi connectivity index (χ0) is 21.7. The molecule has 6 heteroatoms. The zero-order valence-corrected chi connectivity index (χ0v) is 18.6. The van der Waals surface area contributed by atoms with E-state index in [-0.39, 0.29) is 36.5 Å². The molecule has 1 fully saturated rings. The Balaban J connectivity index is 1.81. The zero-order valence-electron chi connectivity index (χ0n) is 17.7. The van der Waals surface area contributed by atoms with Gasteiger partial charge in [-0.25, -0.2) is 4.79 Å². The van der Waals surface area contributed by atoms with Crippen molar-refractivity contribution in [2.75, 3.05) is 6.61 Å². The van der Waals surface area contributed by atoms with Crippen molar-refractivity contribution in [1.82, 2.24) is 0 Å². The molecule has 0 aliphatic carbocycles. The Morgan fingerprint density at radius 3 is 2.30 bits per heavy atom. The summed E-state index contributed by atoms with van der Waals surface area (Å²) in [5, 5.41) is 0. The number of hydrogen-bond acceptors (Lipinski definition) is 6. The molecule has 1 heterocycles. The summed E-state index contributed by atoms with van der Waals surface area (Å²) in [5.74, 6) is -0.627. The lowest BCUT2D eigenvalue weighted by atomic mass is 9.84. The van der Waals surface area contributed by atoms with Gasteiger partial charge in [0.1, 0.15) is 18.1 Å². The Kier molecular flexibility index (Phi) is 7.56. The van der Waals surface area contributed by atoms with Gasteiger partial charge in [-0.05, 0) is 37.1 Å². The van der Waals surface area contributed by atoms with Gasteiger partial charge in [-0.2, -0.15) is 0 Å². The van der Waals surface area contributed by atoms with Gasteiger partial charge in [0.25, 0.3) is 0 Å². The first-order chi connectivity index (χ1) is 14.3. The highest BCUT2D eigenvalue weighted by Gasteiger charge is 2.44. The van der Waals surface area contributed by atoms with Gasteiger partial charge in [0, 0.05) is 17.7 Å². The van der Waals surface area contributed by atoms with Crippen molar-refractivity contribution in [3.63, 3.8) is 0 Å². The first-order valence-corrected chi connectivity index (χ1v) is 11.0. The molecule has 160 valence electrons. The summed E-state index contributed by atoms with van der Waals surface area (Å²) in [4.78, 5) is 25.1. The van der Waals surface area contributed by atoms with Crippen molar-refractivity contribution < 1.29 is 23.8 Å². The van der Waals surface area contributed by atoms with E-state index in [0.717, 1.165) is 4.90 Å². The third-order valence-electron chi connectivity index (χ3n) is 5.49. The molecule has 1 aliphatic heterocycles. The standard InChI is InChI=1S/C24H28O5S/c1-15-10-12-20(13-11-15)30-24-22(29-23(26)19-8-6-5-7-9-19)17(3)16(2)21(28-24)14-27-18(4)25/h5-13,16-17,21-22,24H,14H2,1-4H3/t16-,17-,21?,22?,24+/m0/s1. The van der Waals surface area contributed by atoms with Crippen LogP contribution in [0.15, 0.2) is 59.5 Å². The molecule has 3 rings (SSSR count). The van der Waals surface area contributed by atoms with E-state index in [1.54, 1.807) is 12.1 Å². The van der Waals surface area contributed by atoms with Crippen molar-refractivity contribution in [1.29, 1.82) is 0 Å². The maximum atomic E-state index is 12.7. The summed E-state index contributed by atoms with van der Waals surface area (Å²) in [6.45, 7) is 7.70. The van der Waals surface area contributed by atoms with Crippen molar-refractivity contribution in [2.45, 2.75) is 50.2 Å². The number of hydrogen-bond donors (Lipinski definition) is 0. The summed E-state index contributed by atoms with van der Waals surface area (Å²) in [7, 11) is 0. The van der Waals surface area contributed by atoms with Gasteiger partial charge >= 0.3 is 11.9 Å². The number of benzene rings is 2. The Labute approximate surface area is 182 Å². The largest absolute Gasteiger partial charge is 0.463 e. The molecule has 0 amide bonds. The third kappa shape index (κ3) is 5.64. The molecule has 2 unspecified atom stereocenters. The van der Waals surface area contributed by atoms with E-state index < -0.39 is 11.5 Å². The molecule has 1 saturated heterocycles. The van der Waals surface area contributed by atoms with E-state index in [1.807, 2.05) is 56.3 Å². The highest BCUT2D eigenvalue weighted by atomic mass is 32.2. The average molecular weight is 429 g/mol. The van der Waals surface area contributed by atoms with E-state index in [9.17, 15) is 9.59 Å². The van der Waals surface area contributed by atoms with Crippen LogP contribution in [0.1, 0.15) is 36.7 Å². The smallest absolute Gasteiger partial charge is 0.338 e. The van der Waals surface area contributed by atoms with Gasteiger partial charge in [0.15, 0.2) is 0 Å². The highest BCUT2D eigenvalue weighted by molar-refractivity contribution is 7.99. The van der Waals surface area contributed by atoms with Crippen LogP contribution < -0.4 is 0 Å². The molecule has 2 aromatic carbocycles. The SMILES string of the molecule is CC(=O)OCC1O[C@H](Sc2ccc(C)cc2)C(OC(=O)c2ccccc2)[C@@H](C)[C@@H]1C. The molecule has 5 atom stereocenters. The Hall–Kier alpha value is -2.31. The maximum Gasteiger partial charge on any atom is 0.338 e. The molecule has 0 saturated carbocycles. The van der Waals surface area contributed by atoms with Crippen LogP contribution in [0, 0.1) is 18.8 Å². The van der Waals surface area contributed by atoms with E-state index in [2.05, 4.69) is 6.92 Å². The summed E-state index contributed by atoms with van der Waals surface area (Å²) in [6, 6.07) is 17.1. The normalized spacial score (nSPS) is 26.1. The average Bonchev–Trinajstić information content (AvgIpc) is 2.74. The Morgan fingerprint density at radius 1 is 1.00 bits per heavy atom. The first-order valence-electron chi connectivity index (χ1n) is 10.1. The van der Waals surface area contributed by atoms with Crippen LogP contribution in [0.3, 0.4) is 0 Å². The van der Waals surface area contributed by atoms with E-state index >= 15 is 0 Å². The second-order valence-electron chi connectivity index (χ2n) is 7.73. The number of carbonyl (C=O) groups excluding carboxylic acids is 2. The van der Waals surface area contributed by atoms with Crippen LogP contribution >= 0.6 is 11.8 Å². The fraction of sp³-hybridized carbons (Fsp3) is 0.417. The summed E-state index contributed by atoms with van der Waals surface area (Å²) in [6.07, 6.45) is -0.703. The van der Waals surface area contributed by atoms with Crippen LogP contribution in [0.4, 0.5) is 0 Å². The highest BCUT2D eigenvalue weighted by Crippen LogP contribution is 2.40. The molecule has 1 aliphatic rings. The number of esters is 2. The van der Waals surface area contributed by atoms with Crippen LogP contribution in [0.2, 0.25) is 0 Å². The molecule has 0 radical (unpaired) electrons. The van der Waals surface area contributed by atoms with Crippen molar-refractivity contribution >= 4 is 23.7 Å². The molecule has 30 heavy (non-hydrogen) atoms. The monoisotopic (exact) mass is 428 g/mol. The minimum atomic E-state index is -0.437. The predicted molar refractivity (Wildman–Crippen MR) is 116 cm³/mol. The minimum absolute atomic E-state index is 0.0231. The first kappa shape index (κ1) is 22.4. The lowest BCUT2D eigenvalue weighted by Gasteiger charge is -2.43. The van der Waals surface area contributed by atoms with Crippen LogP contribution in [-0.2, 0) is 19.0 Å². The van der Waals surface area contributed by atoms with Gasteiger partial charge in [-0.3, -0.25) is 4.79 Å². The minimum Gasteiger partial charge on any atom is -0.463 e. The van der Waals surface area contributed by atoms with Crippen LogP contribution in [0.5, 0.6) is 0 Å². The summed E-state index contributed by atoms with van der Waals surface area (Å²) < 4.78 is 17.5. The van der Waals surface area contributed by atoms with Crippen molar-refractivity contribution in [3.8, 4) is 0 Å². The van der Waals surface area contributed by atoms with Gasteiger partial charge < -0.3 is 14.2 Å². The van der Waals surface area contributed by atoms with E-state index in [1.165, 1.54) is 24.2 Å².